The molecular formula is C37H50N2O15S3. The van der Waals surface area contributed by atoms with Gasteiger partial charge in [0.2, 0.25) is 5.82 Å². The van der Waals surface area contributed by atoms with E-state index in [1.165, 1.54) is 18.3 Å². The molecule has 1 heterocycles. The van der Waals surface area contributed by atoms with Crippen molar-refractivity contribution in [3.8, 4) is 17.0 Å². The van der Waals surface area contributed by atoms with Crippen LogP contribution >= 0.6 is 0 Å². The second-order valence-electron chi connectivity index (χ2n) is 16.6. The maximum atomic E-state index is 13.2. The lowest BCUT2D eigenvalue weighted by molar-refractivity contribution is -0.124. The standard InChI is InChI=1S/C37H50N2O15S3/c1-20(2)30(51-35(41)34-38-19-29(39-34)22-7-9-23(40)10-8-22)13-6-21(3)25-11-12-26-24-16-31(52-55(42,43)44)28-17-32(53-56(45,46)47)33(54-57(48,49)50)18-37(28,5)27(24)14-15-36(25,26)4/h7-10,19,21,25,27-28,30-33,40H,1,6,11-18H2,2-5H3,(H,38,39)(H,42,43,44)(H,45,46,47)(H,48,49,50). The van der Waals surface area contributed by atoms with E-state index in [-0.39, 0.29) is 54.0 Å². The summed E-state index contributed by atoms with van der Waals surface area (Å²) >= 11 is 0. The van der Waals surface area contributed by atoms with Gasteiger partial charge in [-0.2, -0.15) is 25.3 Å². The molecule has 0 radical (unpaired) electrons. The van der Waals surface area contributed by atoms with Crippen molar-refractivity contribution in [3.63, 3.8) is 0 Å². The highest BCUT2D eigenvalue weighted by Gasteiger charge is 2.61. The second-order valence-corrected chi connectivity index (χ2v) is 19.7. The first-order valence-corrected chi connectivity index (χ1v) is 22.9. The molecule has 10 unspecified atom stereocenters. The SMILES string of the molecule is C=C(C)C(CCC(C)C1CCC2=C3CC(OS(=O)(=O)O)C4CC(OS(=O)(=O)O)C(OS(=O)(=O)O)CC4(C)C3CCC21C)OC(=O)c1ncc(-c2ccc(O)cc2)[nH]1. The number of fused-ring (bicyclic) bond motifs is 4. The normalized spacial score (nSPS) is 31.5. The summed E-state index contributed by atoms with van der Waals surface area (Å²) in [5.74, 6) is -1.21. The number of hydrogen-bond donors (Lipinski definition) is 5. The number of rotatable bonds is 14. The van der Waals surface area contributed by atoms with Crippen LogP contribution in [0.4, 0.5) is 0 Å². The minimum absolute atomic E-state index is 0.0312. The first-order valence-electron chi connectivity index (χ1n) is 18.8. The molecule has 10 atom stereocenters. The van der Waals surface area contributed by atoms with Crippen LogP contribution in [0.5, 0.6) is 5.75 Å². The summed E-state index contributed by atoms with van der Waals surface area (Å²) in [6.07, 6.45) is 0.120. The zero-order valence-electron chi connectivity index (χ0n) is 32.0. The van der Waals surface area contributed by atoms with Crippen LogP contribution < -0.4 is 0 Å². The van der Waals surface area contributed by atoms with E-state index >= 15 is 0 Å². The maximum absolute atomic E-state index is 13.2. The van der Waals surface area contributed by atoms with E-state index in [1.54, 1.807) is 26.0 Å². The lowest BCUT2D eigenvalue weighted by Crippen LogP contribution is -2.58. The predicted molar refractivity (Wildman–Crippen MR) is 203 cm³/mol. The van der Waals surface area contributed by atoms with E-state index in [0.717, 1.165) is 29.6 Å². The number of allylic oxidation sites excluding steroid dienone is 1. The Bertz CT molecular complexity index is 2240. The number of aromatic amines is 1. The van der Waals surface area contributed by atoms with Crippen LogP contribution in [0.25, 0.3) is 11.3 Å². The number of nitrogens with zero attached hydrogens (tertiary/aromatic N) is 1. The second kappa shape index (κ2) is 15.8. The summed E-state index contributed by atoms with van der Waals surface area (Å²) < 4.78 is 121. The molecule has 0 aliphatic heterocycles. The molecule has 0 bridgehead atoms. The summed E-state index contributed by atoms with van der Waals surface area (Å²) in [4.78, 5) is 20.4. The van der Waals surface area contributed by atoms with Crippen LogP contribution in [0.15, 0.2) is 53.8 Å². The molecule has 3 saturated carbocycles. The molecule has 17 nitrogen and oxygen atoms in total. The van der Waals surface area contributed by atoms with Crippen molar-refractivity contribution >= 4 is 37.2 Å². The van der Waals surface area contributed by atoms with Crippen molar-refractivity contribution in [2.75, 3.05) is 0 Å². The Morgan fingerprint density at radius 2 is 1.56 bits per heavy atom. The highest BCUT2D eigenvalue weighted by atomic mass is 32.3. The van der Waals surface area contributed by atoms with E-state index in [0.29, 0.717) is 37.0 Å². The van der Waals surface area contributed by atoms with Crippen molar-refractivity contribution in [1.82, 2.24) is 9.97 Å². The Balaban J connectivity index is 1.21. The number of H-pyrrole nitrogens is 1. The summed E-state index contributed by atoms with van der Waals surface area (Å²) in [7, 11) is -15.3. The molecule has 316 valence electrons. The van der Waals surface area contributed by atoms with Crippen molar-refractivity contribution in [1.29, 1.82) is 0 Å². The molecule has 1 aromatic heterocycles. The van der Waals surface area contributed by atoms with E-state index in [9.17, 15) is 48.8 Å². The van der Waals surface area contributed by atoms with E-state index < -0.39 is 72.9 Å². The summed E-state index contributed by atoms with van der Waals surface area (Å²) in [6, 6.07) is 6.45. The van der Waals surface area contributed by atoms with Crippen LogP contribution in [0.3, 0.4) is 0 Å². The molecule has 5 N–H and O–H groups in total. The third-order valence-corrected chi connectivity index (χ3v) is 14.6. The Hall–Kier alpha value is -3.21. The Morgan fingerprint density at radius 1 is 0.947 bits per heavy atom. The quantitative estimate of drug-likeness (QED) is 0.0853. The number of nitrogens with one attached hydrogen (secondary N) is 1. The smallest absolute Gasteiger partial charge is 0.397 e. The van der Waals surface area contributed by atoms with Gasteiger partial charge in [0.15, 0.2) is 0 Å². The Labute approximate surface area is 333 Å². The largest absolute Gasteiger partial charge is 0.508 e. The van der Waals surface area contributed by atoms with Crippen molar-refractivity contribution in [3.05, 3.63) is 59.6 Å². The van der Waals surface area contributed by atoms with Gasteiger partial charge in [0.1, 0.15) is 24.1 Å². The van der Waals surface area contributed by atoms with Gasteiger partial charge in [-0.1, -0.05) is 38.5 Å². The zero-order chi connectivity index (χ0) is 41.9. The van der Waals surface area contributed by atoms with Crippen molar-refractivity contribution in [2.45, 2.75) is 110 Å². The van der Waals surface area contributed by atoms with Crippen LogP contribution in [0, 0.1) is 34.5 Å². The van der Waals surface area contributed by atoms with Gasteiger partial charge in [-0.05, 0) is 135 Å². The molecule has 0 spiro atoms. The van der Waals surface area contributed by atoms with E-state index in [1.807, 2.05) is 0 Å². The number of phenolic OH excluding ortho intramolecular Hbond substituents is 1. The van der Waals surface area contributed by atoms with E-state index in [2.05, 4.69) is 30.4 Å². The number of aromatic nitrogens is 2. The predicted octanol–water partition coefficient (Wildman–Crippen LogP) is 5.81. The molecule has 2 aromatic rings. The fourth-order valence-corrected chi connectivity index (χ4v) is 12.2. The highest BCUT2D eigenvalue weighted by Crippen LogP contribution is 2.66. The summed E-state index contributed by atoms with van der Waals surface area (Å²) in [6.45, 7) is 12.0. The highest BCUT2D eigenvalue weighted by molar-refractivity contribution is 7.81. The fourth-order valence-electron chi connectivity index (χ4n) is 10.6. The Morgan fingerprint density at radius 3 is 2.18 bits per heavy atom. The minimum atomic E-state index is -5.14. The summed E-state index contributed by atoms with van der Waals surface area (Å²) in [5, 5.41) is 9.59. The minimum Gasteiger partial charge on any atom is -0.508 e. The fraction of sp³-hybridized carbons (Fsp3) is 0.622. The number of hydrogen-bond acceptors (Lipinski definition) is 13. The molecule has 4 aliphatic carbocycles. The monoisotopic (exact) mass is 858 g/mol. The number of imidazole rings is 1. The zero-order valence-corrected chi connectivity index (χ0v) is 34.5. The third kappa shape index (κ3) is 9.49. The number of esters is 1. The molecule has 6 rings (SSSR count). The lowest BCUT2D eigenvalue weighted by atomic mass is 9.47. The number of aromatic hydroxyl groups is 1. The van der Waals surface area contributed by atoms with Crippen molar-refractivity contribution < 1.29 is 66.1 Å². The van der Waals surface area contributed by atoms with Gasteiger partial charge < -0.3 is 14.8 Å². The van der Waals surface area contributed by atoms with Gasteiger partial charge in [-0.3, -0.25) is 13.7 Å². The van der Waals surface area contributed by atoms with Crippen LogP contribution in [0.1, 0.15) is 96.1 Å². The molecule has 3 fully saturated rings. The average Bonchev–Trinajstić information content (AvgIpc) is 3.71. The first-order chi connectivity index (χ1) is 26.4. The van der Waals surface area contributed by atoms with E-state index in [4.69, 9.17) is 17.3 Å². The average molecular weight is 859 g/mol. The van der Waals surface area contributed by atoms with Gasteiger partial charge >= 0.3 is 37.2 Å². The number of carbonyl (C=O) groups is 1. The number of ether oxygens (including phenoxy) is 1. The van der Waals surface area contributed by atoms with Gasteiger partial charge in [-0.15, -0.1) is 0 Å². The van der Waals surface area contributed by atoms with Crippen LogP contribution in [0.2, 0.25) is 0 Å². The number of carbonyl (C=O) groups excluding carboxylic acids is 1. The molecule has 4 aliphatic rings. The van der Waals surface area contributed by atoms with Crippen LogP contribution in [-0.4, -0.2) is 84.4 Å². The number of phenols is 1. The van der Waals surface area contributed by atoms with Gasteiger partial charge in [0.05, 0.1) is 18.0 Å². The molecule has 20 heteroatoms. The number of benzene rings is 1. The maximum Gasteiger partial charge on any atom is 0.397 e. The first kappa shape index (κ1) is 43.4. The van der Waals surface area contributed by atoms with Gasteiger partial charge in [-0.25, -0.2) is 22.3 Å². The van der Waals surface area contributed by atoms with Crippen LogP contribution in [-0.2, 0) is 48.5 Å². The van der Waals surface area contributed by atoms with Gasteiger partial charge in [0, 0.05) is 0 Å². The topological polar surface area (TPSA) is 266 Å². The molecular weight excluding hydrogens is 809 g/mol. The van der Waals surface area contributed by atoms with Crippen molar-refractivity contribution in [2.24, 2.45) is 34.5 Å². The third-order valence-electron chi connectivity index (χ3n) is 13.1. The molecule has 0 saturated heterocycles. The molecule has 0 amide bonds. The molecule has 57 heavy (non-hydrogen) atoms. The Kier molecular flexibility index (Phi) is 12.0. The summed E-state index contributed by atoms with van der Waals surface area (Å²) in [5.41, 5.74) is 2.75. The van der Waals surface area contributed by atoms with Gasteiger partial charge in [0.25, 0.3) is 0 Å². The lowest BCUT2D eigenvalue weighted by Gasteiger charge is -2.59. The molecule has 1 aromatic carbocycles.